The van der Waals surface area contributed by atoms with Crippen molar-refractivity contribution in [3.05, 3.63) is 58.6 Å². The minimum Gasteiger partial charge on any atom is -0.266 e. The van der Waals surface area contributed by atoms with Crippen LogP contribution in [0, 0.1) is 11.3 Å². The molecule has 3 rings (SSSR count). The molecule has 0 amide bonds. The summed E-state index contributed by atoms with van der Waals surface area (Å²) in [5.41, 5.74) is 1.94. The van der Waals surface area contributed by atoms with Gasteiger partial charge in [0, 0.05) is 6.54 Å². The molecule has 21 heavy (non-hydrogen) atoms. The van der Waals surface area contributed by atoms with E-state index in [1.165, 1.54) is 22.5 Å². The Morgan fingerprint density at radius 3 is 2.71 bits per heavy atom. The average molecular weight is 319 g/mol. The first-order chi connectivity index (χ1) is 10.0. The first-order valence-corrected chi connectivity index (χ1v) is 8.16. The molecule has 1 aliphatic rings. The Balaban J connectivity index is 2.13. The van der Waals surface area contributed by atoms with Gasteiger partial charge in [0.05, 0.1) is 22.3 Å². The number of fused-ring (bicyclic) bond motifs is 1. The maximum atomic E-state index is 12.8. The molecule has 2 aromatic carbocycles. The van der Waals surface area contributed by atoms with Gasteiger partial charge in [-0.2, -0.15) is 5.26 Å². The number of halogens is 1. The zero-order valence-corrected chi connectivity index (χ0v) is 12.5. The van der Waals surface area contributed by atoms with Crippen LogP contribution in [0.15, 0.2) is 47.4 Å². The molecule has 106 valence electrons. The van der Waals surface area contributed by atoms with E-state index in [9.17, 15) is 8.42 Å². The predicted molar refractivity (Wildman–Crippen MR) is 80.8 cm³/mol. The number of sulfonamides is 1. The van der Waals surface area contributed by atoms with Crippen molar-refractivity contribution >= 4 is 27.3 Å². The molecule has 0 spiro atoms. The molecular weight excluding hydrogens is 308 g/mol. The third kappa shape index (κ3) is 2.27. The highest BCUT2D eigenvalue weighted by molar-refractivity contribution is 7.93. The Hall–Kier alpha value is -2.03. The van der Waals surface area contributed by atoms with Crippen LogP contribution in [0.1, 0.15) is 11.1 Å². The lowest BCUT2D eigenvalue weighted by Gasteiger charge is -2.20. The Labute approximate surface area is 128 Å². The smallest absolute Gasteiger partial charge is 0.265 e. The van der Waals surface area contributed by atoms with Crippen LogP contribution in [-0.2, 0) is 16.4 Å². The normalized spacial score (nSPS) is 13.8. The second-order valence-corrected chi connectivity index (χ2v) is 6.95. The maximum Gasteiger partial charge on any atom is 0.265 e. The van der Waals surface area contributed by atoms with Gasteiger partial charge in [0.1, 0.15) is 4.90 Å². The minimum atomic E-state index is -3.77. The van der Waals surface area contributed by atoms with Crippen molar-refractivity contribution < 1.29 is 8.42 Å². The molecule has 0 radical (unpaired) electrons. The number of benzene rings is 2. The minimum absolute atomic E-state index is 0.0279. The second kappa shape index (κ2) is 5.06. The number of hydrogen-bond acceptors (Lipinski definition) is 3. The van der Waals surface area contributed by atoms with Crippen molar-refractivity contribution in [1.82, 2.24) is 0 Å². The Kier molecular flexibility index (Phi) is 3.36. The fourth-order valence-electron chi connectivity index (χ4n) is 2.45. The van der Waals surface area contributed by atoms with Gasteiger partial charge in [0.25, 0.3) is 10.0 Å². The van der Waals surface area contributed by atoms with Gasteiger partial charge in [-0.05, 0) is 36.2 Å². The van der Waals surface area contributed by atoms with Crippen molar-refractivity contribution in [2.75, 3.05) is 10.8 Å². The quantitative estimate of drug-likeness (QED) is 0.855. The predicted octanol–water partition coefficient (Wildman–Crippen LogP) is 2.96. The van der Waals surface area contributed by atoms with Crippen molar-refractivity contribution in [3.8, 4) is 6.07 Å². The van der Waals surface area contributed by atoms with Gasteiger partial charge >= 0.3 is 0 Å². The van der Waals surface area contributed by atoms with Gasteiger partial charge in [-0.15, -0.1) is 0 Å². The van der Waals surface area contributed by atoms with E-state index >= 15 is 0 Å². The first kappa shape index (κ1) is 13.9. The molecule has 6 heteroatoms. The van der Waals surface area contributed by atoms with Crippen molar-refractivity contribution in [3.63, 3.8) is 0 Å². The standard InChI is InChI=1S/C15H11ClN2O2S/c16-13-6-5-11(10-17)9-15(13)21(19,20)18-8-7-12-3-1-2-4-14(12)18/h1-6,9H,7-8H2. The van der Waals surface area contributed by atoms with E-state index in [4.69, 9.17) is 16.9 Å². The van der Waals surface area contributed by atoms with Crippen LogP contribution in [0.2, 0.25) is 5.02 Å². The molecule has 0 N–H and O–H groups in total. The van der Waals surface area contributed by atoms with Crippen molar-refractivity contribution in [2.24, 2.45) is 0 Å². The van der Waals surface area contributed by atoms with Crippen molar-refractivity contribution in [1.29, 1.82) is 5.26 Å². The van der Waals surface area contributed by atoms with Crippen LogP contribution >= 0.6 is 11.6 Å². The van der Waals surface area contributed by atoms with Crippen LogP contribution < -0.4 is 4.31 Å². The first-order valence-electron chi connectivity index (χ1n) is 6.34. The molecule has 2 aromatic rings. The molecule has 0 atom stereocenters. The van der Waals surface area contributed by atoms with E-state index < -0.39 is 10.0 Å². The molecule has 1 aliphatic heterocycles. The van der Waals surface area contributed by atoms with E-state index in [-0.39, 0.29) is 15.5 Å². The number of anilines is 1. The third-order valence-corrected chi connectivity index (χ3v) is 5.77. The van der Waals surface area contributed by atoms with E-state index in [1.54, 1.807) is 12.1 Å². The molecule has 0 unspecified atom stereocenters. The van der Waals surface area contributed by atoms with Gasteiger partial charge in [0.15, 0.2) is 0 Å². The van der Waals surface area contributed by atoms with Gasteiger partial charge in [-0.1, -0.05) is 29.8 Å². The van der Waals surface area contributed by atoms with Crippen LogP contribution in [0.25, 0.3) is 0 Å². The Morgan fingerprint density at radius 2 is 1.95 bits per heavy atom. The number of hydrogen-bond donors (Lipinski definition) is 0. The zero-order valence-electron chi connectivity index (χ0n) is 11.0. The summed E-state index contributed by atoms with van der Waals surface area (Å²) in [6, 6.07) is 13.6. The highest BCUT2D eigenvalue weighted by Gasteiger charge is 2.32. The van der Waals surface area contributed by atoms with Crippen LogP contribution in [-0.4, -0.2) is 15.0 Å². The number of rotatable bonds is 2. The third-order valence-electron chi connectivity index (χ3n) is 3.47. The highest BCUT2D eigenvalue weighted by atomic mass is 35.5. The SMILES string of the molecule is N#Cc1ccc(Cl)c(S(=O)(=O)N2CCc3ccccc32)c1. The zero-order chi connectivity index (χ0) is 15.0. The molecule has 0 bridgehead atoms. The number of para-hydroxylation sites is 1. The molecule has 4 nitrogen and oxygen atoms in total. The molecule has 0 fully saturated rings. The monoisotopic (exact) mass is 318 g/mol. The molecular formula is C15H11ClN2O2S. The van der Waals surface area contributed by atoms with Crippen LogP contribution in [0.4, 0.5) is 5.69 Å². The van der Waals surface area contributed by atoms with Crippen LogP contribution in [0.5, 0.6) is 0 Å². The van der Waals surface area contributed by atoms with Gasteiger partial charge in [0.2, 0.25) is 0 Å². The molecule has 0 saturated heterocycles. The summed E-state index contributed by atoms with van der Waals surface area (Å²) in [5.74, 6) is 0. The molecule has 0 aliphatic carbocycles. The highest BCUT2D eigenvalue weighted by Crippen LogP contribution is 2.34. The van der Waals surface area contributed by atoms with Gasteiger partial charge in [-0.3, -0.25) is 4.31 Å². The lowest BCUT2D eigenvalue weighted by molar-refractivity contribution is 0.592. The van der Waals surface area contributed by atoms with Gasteiger partial charge < -0.3 is 0 Å². The van der Waals surface area contributed by atoms with E-state index in [1.807, 2.05) is 18.2 Å². The lowest BCUT2D eigenvalue weighted by atomic mass is 10.2. The summed E-state index contributed by atoms with van der Waals surface area (Å²) >= 11 is 6.03. The van der Waals surface area contributed by atoms with Gasteiger partial charge in [-0.25, -0.2) is 8.42 Å². The maximum absolute atomic E-state index is 12.8. The summed E-state index contributed by atoms with van der Waals surface area (Å²) in [7, 11) is -3.77. The summed E-state index contributed by atoms with van der Waals surface area (Å²) in [5, 5.41) is 9.06. The Bertz CT molecular complexity index is 856. The summed E-state index contributed by atoms with van der Waals surface area (Å²) in [6.45, 7) is 0.384. The number of nitriles is 1. The molecule has 0 aromatic heterocycles. The summed E-state index contributed by atoms with van der Waals surface area (Å²) in [4.78, 5) is -0.0279. The Morgan fingerprint density at radius 1 is 1.19 bits per heavy atom. The fourth-order valence-corrected chi connectivity index (χ4v) is 4.45. The topological polar surface area (TPSA) is 61.2 Å². The lowest BCUT2D eigenvalue weighted by Crippen LogP contribution is -2.29. The van der Waals surface area contributed by atoms with Crippen LogP contribution in [0.3, 0.4) is 0 Å². The summed E-state index contributed by atoms with van der Waals surface area (Å²) in [6.07, 6.45) is 0.672. The number of nitrogens with zero attached hydrogens (tertiary/aromatic N) is 2. The van der Waals surface area contributed by atoms with E-state index in [0.29, 0.717) is 18.7 Å². The fraction of sp³-hybridized carbons (Fsp3) is 0.133. The molecule has 0 saturated carbocycles. The van der Waals surface area contributed by atoms with Crippen molar-refractivity contribution in [2.45, 2.75) is 11.3 Å². The van der Waals surface area contributed by atoms with E-state index in [2.05, 4.69) is 0 Å². The summed E-state index contributed by atoms with van der Waals surface area (Å²) < 4.78 is 27.0. The second-order valence-electron chi connectivity index (χ2n) is 4.71. The average Bonchev–Trinajstić information content (AvgIpc) is 2.92. The molecule has 1 heterocycles. The van der Waals surface area contributed by atoms with E-state index in [0.717, 1.165) is 5.56 Å². The largest absolute Gasteiger partial charge is 0.266 e.